The Labute approximate surface area is 145 Å². The summed E-state index contributed by atoms with van der Waals surface area (Å²) in [5, 5.41) is 7.27. The maximum absolute atomic E-state index is 12.3. The first kappa shape index (κ1) is 17.3. The van der Waals surface area contributed by atoms with Gasteiger partial charge in [-0.1, -0.05) is 25.1 Å². The normalized spacial score (nSPS) is 20.1. The monoisotopic (exact) mass is 348 g/mol. The van der Waals surface area contributed by atoms with Crippen LogP contribution in [0.1, 0.15) is 31.1 Å². The van der Waals surface area contributed by atoms with Gasteiger partial charge in [-0.2, -0.15) is 5.10 Å². The molecule has 24 heavy (non-hydrogen) atoms. The molecule has 3 rings (SSSR count). The number of aryl methyl sites for hydroxylation is 1. The Hall–Kier alpha value is -1.57. The van der Waals surface area contributed by atoms with Crippen molar-refractivity contribution in [2.75, 3.05) is 32.0 Å². The Morgan fingerprint density at radius 1 is 1.38 bits per heavy atom. The summed E-state index contributed by atoms with van der Waals surface area (Å²) in [5.41, 5.74) is 0. The van der Waals surface area contributed by atoms with E-state index < -0.39 is 10.8 Å². The molecule has 1 aliphatic rings. The van der Waals surface area contributed by atoms with Crippen LogP contribution in [0.4, 0.5) is 0 Å². The number of hydrogen-bond acceptors (Lipinski definition) is 5. The number of H-pyrrole nitrogens is 1. The van der Waals surface area contributed by atoms with Crippen LogP contribution in [0.5, 0.6) is 0 Å². The molecule has 1 saturated heterocycles. The summed E-state index contributed by atoms with van der Waals surface area (Å²) in [7, 11) is -0.959. The molecule has 0 aliphatic carbocycles. The summed E-state index contributed by atoms with van der Waals surface area (Å²) in [5.74, 6) is 2.27. The van der Waals surface area contributed by atoms with Gasteiger partial charge < -0.3 is 4.74 Å². The first-order valence-corrected chi connectivity index (χ1v) is 9.76. The molecule has 0 amide bonds. The lowest BCUT2D eigenvalue weighted by atomic mass is 10.2. The number of nitrogens with one attached hydrogen (secondary N) is 1. The van der Waals surface area contributed by atoms with E-state index in [0.29, 0.717) is 12.4 Å². The van der Waals surface area contributed by atoms with Gasteiger partial charge in [-0.05, 0) is 18.6 Å². The second-order valence-corrected chi connectivity index (χ2v) is 7.48. The van der Waals surface area contributed by atoms with Gasteiger partial charge in [-0.15, -0.1) is 0 Å². The summed E-state index contributed by atoms with van der Waals surface area (Å²) < 4.78 is 18.2. The number of nitrogens with zero attached hydrogens (tertiary/aromatic N) is 3. The van der Waals surface area contributed by atoms with E-state index in [1.165, 1.54) is 0 Å². The number of hydrogen-bond donors (Lipinski definition) is 1. The first-order valence-electron chi connectivity index (χ1n) is 8.45. The molecule has 2 aromatic rings. The molecular weight excluding hydrogens is 324 g/mol. The minimum absolute atomic E-state index is 0.106. The predicted octanol–water partition coefficient (Wildman–Crippen LogP) is 1.94. The van der Waals surface area contributed by atoms with E-state index in [1.54, 1.807) is 0 Å². The van der Waals surface area contributed by atoms with E-state index in [-0.39, 0.29) is 6.10 Å². The van der Waals surface area contributed by atoms with Crippen LogP contribution in [-0.2, 0) is 22.0 Å². The molecule has 0 radical (unpaired) electrons. The molecule has 1 N–H and O–H groups in total. The molecule has 1 fully saturated rings. The lowest BCUT2D eigenvalue weighted by Gasteiger charge is -2.31. The first-order chi connectivity index (χ1) is 11.8. The number of rotatable bonds is 7. The lowest BCUT2D eigenvalue weighted by molar-refractivity contribution is -0.0321. The molecule has 1 aliphatic heterocycles. The number of benzene rings is 1. The predicted molar refractivity (Wildman–Crippen MR) is 93.2 cm³/mol. The Balaban J connectivity index is 1.52. The second kappa shape index (κ2) is 8.50. The van der Waals surface area contributed by atoms with E-state index in [9.17, 15) is 4.21 Å². The van der Waals surface area contributed by atoms with Gasteiger partial charge >= 0.3 is 0 Å². The van der Waals surface area contributed by atoms with E-state index in [0.717, 1.165) is 49.0 Å². The zero-order valence-electron chi connectivity index (χ0n) is 14.0. The summed E-state index contributed by atoms with van der Waals surface area (Å²) in [6, 6.07) is 9.63. The minimum atomic E-state index is -0.959. The molecular formula is C17H24N4O2S. The van der Waals surface area contributed by atoms with Gasteiger partial charge in [-0.25, -0.2) is 4.98 Å². The van der Waals surface area contributed by atoms with E-state index in [2.05, 4.69) is 27.0 Å². The zero-order chi connectivity index (χ0) is 16.8. The van der Waals surface area contributed by atoms with Crippen LogP contribution in [0.2, 0.25) is 0 Å². The van der Waals surface area contributed by atoms with Gasteiger partial charge in [0.15, 0.2) is 5.82 Å². The van der Waals surface area contributed by atoms with E-state index in [1.807, 2.05) is 30.3 Å². The Bertz CT molecular complexity index is 662. The van der Waals surface area contributed by atoms with Gasteiger partial charge in [0.05, 0.1) is 17.4 Å². The molecule has 1 aromatic heterocycles. The molecule has 7 heteroatoms. The maximum Gasteiger partial charge on any atom is 0.180 e. The second-order valence-electron chi connectivity index (χ2n) is 5.91. The number of aromatic nitrogens is 3. The fourth-order valence-electron chi connectivity index (χ4n) is 2.77. The third kappa shape index (κ3) is 4.49. The van der Waals surface area contributed by atoms with Gasteiger partial charge in [0.2, 0.25) is 0 Å². The summed E-state index contributed by atoms with van der Waals surface area (Å²) >= 11 is 0. The average Bonchev–Trinajstić information content (AvgIpc) is 3.10. The van der Waals surface area contributed by atoms with Crippen LogP contribution in [0.15, 0.2) is 35.2 Å². The molecule has 6 nitrogen and oxygen atoms in total. The molecule has 1 aromatic carbocycles. The number of aromatic amines is 1. The van der Waals surface area contributed by atoms with Crippen molar-refractivity contribution in [1.82, 2.24) is 20.1 Å². The van der Waals surface area contributed by atoms with Crippen molar-refractivity contribution in [3.8, 4) is 0 Å². The van der Waals surface area contributed by atoms with Crippen molar-refractivity contribution >= 4 is 10.8 Å². The van der Waals surface area contributed by atoms with Crippen LogP contribution >= 0.6 is 0 Å². The summed E-state index contributed by atoms with van der Waals surface area (Å²) in [6.07, 6.45) is 1.84. The highest BCUT2D eigenvalue weighted by Gasteiger charge is 2.25. The smallest absolute Gasteiger partial charge is 0.180 e. The van der Waals surface area contributed by atoms with Crippen LogP contribution in [0.3, 0.4) is 0 Å². The van der Waals surface area contributed by atoms with Crippen molar-refractivity contribution in [2.45, 2.75) is 30.8 Å². The van der Waals surface area contributed by atoms with Crippen LogP contribution < -0.4 is 0 Å². The fraction of sp³-hybridized carbons (Fsp3) is 0.529. The highest BCUT2D eigenvalue weighted by molar-refractivity contribution is 7.85. The molecule has 130 valence electrons. The fourth-order valence-corrected chi connectivity index (χ4v) is 3.89. The Morgan fingerprint density at radius 2 is 2.21 bits per heavy atom. The van der Waals surface area contributed by atoms with Crippen molar-refractivity contribution in [3.05, 3.63) is 42.0 Å². The van der Waals surface area contributed by atoms with Crippen LogP contribution in [-0.4, -0.2) is 56.3 Å². The van der Waals surface area contributed by atoms with Gasteiger partial charge in [-0.3, -0.25) is 14.2 Å². The molecule has 2 atom stereocenters. The molecule has 2 heterocycles. The third-order valence-corrected chi connectivity index (χ3v) is 5.42. The van der Waals surface area contributed by atoms with Crippen LogP contribution in [0, 0.1) is 0 Å². The average molecular weight is 348 g/mol. The van der Waals surface area contributed by atoms with Crippen molar-refractivity contribution < 1.29 is 8.95 Å². The summed E-state index contributed by atoms with van der Waals surface area (Å²) in [6.45, 7) is 5.16. The Kier molecular flexibility index (Phi) is 6.12. The van der Waals surface area contributed by atoms with Gasteiger partial charge in [0, 0.05) is 36.7 Å². The minimum Gasteiger partial charge on any atom is -0.367 e. The van der Waals surface area contributed by atoms with Crippen molar-refractivity contribution in [2.24, 2.45) is 0 Å². The lowest BCUT2D eigenvalue weighted by Crippen LogP contribution is -2.40. The standard InChI is InChI=1S/C17H24N4O2S/c1-2-6-16-18-17(20-19-16)15-13-21(9-11-23-15)10-12-24(22)14-7-4-3-5-8-14/h3-5,7-8,15H,2,6,9-13H2,1H3,(H,18,19,20)/t15-,24+/m0/s1. The highest BCUT2D eigenvalue weighted by atomic mass is 32.2. The molecule has 0 spiro atoms. The van der Waals surface area contributed by atoms with Gasteiger partial charge in [0.25, 0.3) is 0 Å². The van der Waals surface area contributed by atoms with Crippen molar-refractivity contribution in [1.29, 1.82) is 0 Å². The summed E-state index contributed by atoms with van der Waals surface area (Å²) in [4.78, 5) is 7.69. The number of morpholine rings is 1. The molecule has 0 bridgehead atoms. The SMILES string of the molecule is CCCc1nc([C@@H]2CN(CC[S@@](=O)c3ccccc3)CCO2)n[nH]1. The Morgan fingerprint density at radius 3 is 3.00 bits per heavy atom. The largest absolute Gasteiger partial charge is 0.367 e. The van der Waals surface area contributed by atoms with E-state index >= 15 is 0 Å². The van der Waals surface area contributed by atoms with E-state index in [4.69, 9.17) is 4.74 Å². The van der Waals surface area contributed by atoms with Crippen LogP contribution in [0.25, 0.3) is 0 Å². The van der Waals surface area contributed by atoms with Gasteiger partial charge in [0.1, 0.15) is 11.9 Å². The topological polar surface area (TPSA) is 71.1 Å². The third-order valence-electron chi connectivity index (χ3n) is 4.07. The molecule has 0 unspecified atom stereocenters. The highest BCUT2D eigenvalue weighted by Crippen LogP contribution is 2.19. The quantitative estimate of drug-likeness (QED) is 0.828. The van der Waals surface area contributed by atoms with Crippen molar-refractivity contribution in [3.63, 3.8) is 0 Å². The maximum atomic E-state index is 12.3. The molecule has 0 saturated carbocycles. The number of ether oxygens (including phenoxy) is 1. The zero-order valence-corrected chi connectivity index (χ0v) is 14.8.